The van der Waals surface area contributed by atoms with Crippen LogP contribution >= 0.6 is 12.6 Å². The topological polar surface area (TPSA) is 77.8 Å². The predicted octanol–water partition coefficient (Wildman–Crippen LogP) is 0.531. The molecule has 0 heterocycles. The molecule has 0 radical (unpaired) electrons. The van der Waals surface area contributed by atoms with Crippen LogP contribution in [0.1, 0.15) is 26.2 Å². The number of aliphatic hydroxyl groups is 2. The number of carboxylic acid groups (broad SMARTS) is 1. The molecule has 80 valence electrons. The molecule has 0 saturated carbocycles. The van der Waals surface area contributed by atoms with E-state index in [2.05, 4.69) is 12.6 Å². The molecular weight excluding hydrogens is 192 g/mol. The van der Waals surface area contributed by atoms with Gasteiger partial charge in [-0.2, -0.15) is 12.6 Å². The molecule has 0 aromatic rings. The van der Waals surface area contributed by atoms with Gasteiger partial charge >= 0.3 is 5.97 Å². The van der Waals surface area contributed by atoms with Gasteiger partial charge in [-0.1, -0.05) is 13.3 Å². The van der Waals surface area contributed by atoms with Crippen LogP contribution in [0.5, 0.6) is 0 Å². The lowest BCUT2D eigenvalue weighted by Gasteiger charge is -1.96. The summed E-state index contributed by atoms with van der Waals surface area (Å²) in [5.41, 5.74) is 0. The number of thiol groups is 1. The van der Waals surface area contributed by atoms with Gasteiger partial charge in [0.1, 0.15) is 0 Å². The summed E-state index contributed by atoms with van der Waals surface area (Å²) in [7, 11) is 0. The SMILES string of the molecule is CCCCC(=O)O.OCC(O)CS. The molecular formula is C8H18O4S. The van der Waals surface area contributed by atoms with Crippen LogP contribution < -0.4 is 0 Å². The number of aliphatic hydroxyl groups excluding tert-OH is 2. The summed E-state index contributed by atoms with van der Waals surface area (Å²) in [4.78, 5) is 9.76. The van der Waals surface area contributed by atoms with E-state index in [1.807, 2.05) is 6.92 Å². The number of aliphatic carboxylic acids is 1. The van der Waals surface area contributed by atoms with E-state index in [4.69, 9.17) is 15.3 Å². The second-order valence-corrected chi connectivity index (χ2v) is 2.88. The summed E-state index contributed by atoms with van der Waals surface area (Å²) in [5, 5.41) is 24.4. The molecule has 0 aliphatic rings. The second-order valence-electron chi connectivity index (χ2n) is 2.52. The van der Waals surface area contributed by atoms with Crippen LogP contribution in [-0.4, -0.2) is 39.8 Å². The molecule has 0 aromatic carbocycles. The van der Waals surface area contributed by atoms with Crippen molar-refractivity contribution >= 4 is 18.6 Å². The molecule has 0 aromatic heterocycles. The summed E-state index contributed by atoms with van der Waals surface area (Å²) >= 11 is 3.69. The first-order valence-electron chi connectivity index (χ1n) is 4.20. The van der Waals surface area contributed by atoms with Gasteiger partial charge in [-0.15, -0.1) is 0 Å². The van der Waals surface area contributed by atoms with Crippen molar-refractivity contribution in [3.63, 3.8) is 0 Å². The fraction of sp³-hybridized carbons (Fsp3) is 0.875. The second kappa shape index (κ2) is 11.7. The molecule has 0 aliphatic heterocycles. The van der Waals surface area contributed by atoms with Crippen molar-refractivity contribution < 1.29 is 20.1 Å². The van der Waals surface area contributed by atoms with Gasteiger partial charge in [0, 0.05) is 12.2 Å². The Labute approximate surface area is 84.0 Å². The van der Waals surface area contributed by atoms with E-state index in [-0.39, 0.29) is 6.61 Å². The Bertz CT molecular complexity index is 115. The van der Waals surface area contributed by atoms with Gasteiger partial charge in [0.05, 0.1) is 12.7 Å². The fourth-order valence-corrected chi connectivity index (χ4v) is 0.501. The highest BCUT2D eigenvalue weighted by molar-refractivity contribution is 7.80. The third-order valence-corrected chi connectivity index (χ3v) is 1.59. The van der Waals surface area contributed by atoms with E-state index >= 15 is 0 Å². The van der Waals surface area contributed by atoms with E-state index in [0.29, 0.717) is 12.2 Å². The van der Waals surface area contributed by atoms with Gasteiger partial charge in [0.2, 0.25) is 0 Å². The van der Waals surface area contributed by atoms with Crippen molar-refractivity contribution in [3.8, 4) is 0 Å². The maximum atomic E-state index is 9.76. The molecule has 0 amide bonds. The number of carboxylic acids is 1. The van der Waals surface area contributed by atoms with E-state index in [1.54, 1.807) is 0 Å². The molecule has 0 bridgehead atoms. The first-order chi connectivity index (χ1) is 6.08. The minimum Gasteiger partial charge on any atom is -0.481 e. The molecule has 0 fully saturated rings. The van der Waals surface area contributed by atoms with Gasteiger partial charge in [-0.3, -0.25) is 4.79 Å². The number of unbranched alkanes of at least 4 members (excludes halogenated alkanes) is 1. The van der Waals surface area contributed by atoms with Crippen molar-refractivity contribution in [2.45, 2.75) is 32.3 Å². The highest BCUT2D eigenvalue weighted by atomic mass is 32.1. The van der Waals surface area contributed by atoms with Crippen molar-refractivity contribution in [2.75, 3.05) is 12.4 Å². The average Bonchev–Trinajstić information content (AvgIpc) is 2.14. The Morgan fingerprint density at radius 1 is 1.54 bits per heavy atom. The van der Waals surface area contributed by atoms with E-state index in [0.717, 1.165) is 12.8 Å². The van der Waals surface area contributed by atoms with Crippen LogP contribution in [0.4, 0.5) is 0 Å². The molecule has 3 N–H and O–H groups in total. The van der Waals surface area contributed by atoms with E-state index in [1.165, 1.54) is 0 Å². The van der Waals surface area contributed by atoms with Crippen molar-refractivity contribution in [1.82, 2.24) is 0 Å². The number of hydrogen-bond acceptors (Lipinski definition) is 4. The molecule has 4 nitrogen and oxygen atoms in total. The Balaban J connectivity index is 0. The summed E-state index contributed by atoms with van der Waals surface area (Å²) in [6.07, 6.45) is 1.44. The smallest absolute Gasteiger partial charge is 0.303 e. The maximum absolute atomic E-state index is 9.76. The third kappa shape index (κ3) is 18.6. The summed E-state index contributed by atoms with van der Waals surface area (Å²) < 4.78 is 0. The van der Waals surface area contributed by atoms with Crippen LogP contribution in [0, 0.1) is 0 Å². The van der Waals surface area contributed by atoms with Crippen molar-refractivity contribution in [1.29, 1.82) is 0 Å². The fourth-order valence-electron chi connectivity index (χ4n) is 0.386. The van der Waals surface area contributed by atoms with Crippen LogP contribution in [-0.2, 0) is 4.79 Å². The number of rotatable bonds is 5. The molecule has 0 aliphatic carbocycles. The molecule has 1 atom stereocenters. The third-order valence-electron chi connectivity index (χ3n) is 1.17. The summed E-state index contributed by atoms with van der Waals surface area (Å²) in [6.45, 7) is 1.78. The minimum absolute atomic E-state index is 0.191. The number of hydrogen-bond donors (Lipinski definition) is 4. The van der Waals surface area contributed by atoms with Crippen LogP contribution in [0.2, 0.25) is 0 Å². The first-order valence-corrected chi connectivity index (χ1v) is 4.83. The van der Waals surface area contributed by atoms with Gasteiger partial charge in [0.15, 0.2) is 0 Å². The Morgan fingerprint density at radius 2 is 2.08 bits per heavy atom. The largest absolute Gasteiger partial charge is 0.481 e. The highest BCUT2D eigenvalue weighted by Gasteiger charge is 1.93. The van der Waals surface area contributed by atoms with Crippen LogP contribution in [0.3, 0.4) is 0 Å². The monoisotopic (exact) mass is 210 g/mol. The summed E-state index contributed by atoms with van der Waals surface area (Å²) in [5.74, 6) is -0.363. The molecule has 5 heteroatoms. The van der Waals surface area contributed by atoms with Gasteiger partial charge in [-0.25, -0.2) is 0 Å². The number of carbonyl (C=O) groups is 1. The van der Waals surface area contributed by atoms with Crippen molar-refractivity contribution in [2.24, 2.45) is 0 Å². The van der Waals surface area contributed by atoms with Crippen LogP contribution in [0.15, 0.2) is 0 Å². The average molecular weight is 210 g/mol. The van der Waals surface area contributed by atoms with Gasteiger partial charge in [0.25, 0.3) is 0 Å². The zero-order chi connectivity index (χ0) is 10.7. The predicted molar refractivity (Wildman–Crippen MR) is 54.1 cm³/mol. The van der Waals surface area contributed by atoms with Crippen LogP contribution in [0.25, 0.3) is 0 Å². The Kier molecular flexibility index (Phi) is 13.7. The van der Waals surface area contributed by atoms with Gasteiger partial charge < -0.3 is 15.3 Å². The zero-order valence-electron chi connectivity index (χ0n) is 7.81. The summed E-state index contributed by atoms with van der Waals surface area (Å²) in [6, 6.07) is 0. The minimum atomic E-state index is -0.693. The normalized spacial score (nSPS) is 11.4. The lowest BCUT2D eigenvalue weighted by molar-refractivity contribution is -0.137. The van der Waals surface area contributed by atoms with E-state index in [9.17, 15) is 4.79 Å². The zero-order valence-corrected chi connectivity index (χ0v) is 8.70. The molecule has 0 spiro atoms. The molecule has 0 saturated heterocycles. The maximum Gasteiger partial charge on any atom is 0.303 e. The van der Waals surface area contributed by atoms with Crippen molar-refractivity contribution in [3.05, 3.63) is 0 Å². The molecule has 13 heavy (non-hydrogen) atoms. The lowest BCUT2D eigenvalue weighted by Crippen LogP contribution is -2.12. The molecule has 1 unspecified atom stereocenters. The Morgan fingerprint density at radius 3 is 2.15 bits per heavy atom. The van der Waals surface area contributed by atoms with Gasteiger partial charge in [-0.05, 0) is 6.42 Å². The first kappa shape index (κ1) is 15.2. The van der Waals surface area contributed by atoms with E-state index < -0.39 is 12.1 Å². The Hall–Kier alpha value is -0.260. The highest BCUT2D eigenvalue weighted by Crippen LogP contribution is 1.91. The standard InChI is InChI=1S/C5H10O2.C3H8O2S/c1-2-3-4-5(6)7;4-1-3(5)2-6/h2-4H2,1H3,(H,6,7);3-6H,1-2H2. The lowest BCUT2D eigenvalue weighted by atomic mass is 10.3. The quantitative estimate of drug-likeness (QED) is 0.499. The molecule has 0 rings (SSSR count).